The number of nitrogens with two attached hydrogens (primary N) is 1. The molecule has 0 saturated carbocycles. The molecule has 0 aliphatic rings. The molecule has 0 radical (unpaired) electrons. The third-order valence-corrected chi connectivity index (χ3v) is 2.61. The fraction of sp³-hybridized carbons (Fsp3) is 0.273. The highest BCUT2D eigenvalue weighted by molar-refractivity contribution is 6.31. The predicted molar refractivity (Wildman–Crippen MR) is 61.3 cm³/mol. The average molecular weight is 256 g/mol. The zero-order valence-corrected chi connectivity index (χ0v) is 9.75. The summed E-state index contributed by atoms with van der Waals surface area (Å²) >= 11 is 5.90. The van der Waals surface area contributed by atoms with Gasteiger partial charge in [0.15, 0.2) is 0 Å². The van der Waals surface area contributed by atoms with E-state index in [2.05, 4.69) is 10.2 Å². The van der Waals surface area contributed by atoms with E-state index in [0.717, 1.165) is 0 Å². The van der Waals surface area contributed by atoms with Gasteiger partial charge in [0.2, 0.25) is 11.8 Å². The predicted octanol–water partition coefficient (Wildman–Crippen LogP) is 1.95. The molecule has 17 heavy (non-hydrogen) atoms. The van der Waals surface area contributed by atoms with Gasteiger partial charge in [0.25, 0.3) is 0 Å². The zero-order chi connectivity index (χ0) is 12.3. The highest BCUT2D eigenvalue weighted by Gasteiger charge is 2.12. The number of hydrogen-bond acceptors (Lipinski definition) is 4. The Kier molecular flexibility index (Phi) is 3.71. The van der Waals surface area contributed by atoms with Crippen molar-refractivity contribution in [1.29, 1.82) is 0 Å². The van der Waals surface area contributed by atoms with Gasteiger partial charge in [-0.15, -0.1) is 10.2 Å². The molecule has 2 N–H and O–H groups in total. The van der Waals surface area contributed by atoms with Gasteiger partial charge < -0.3 is 10.2 Å². The number of hydrogen-bond donors (Lipinski definition) is 1. The van der Waals surface area contributed by atoms with Gasteiger partial charge in [0, 0.05) is 23.6 Å². The minimum atomic E-state index is -0.379. The first-order valence-corrected chi connectivity index (χ1v) is 5.52. The Labute approximate surface area is 103 Å². The van der Waals surface area contributed by atoms with Crippen molar-refractivity contribution < 1.29 is 8.81 Å². The van der Waals surface area contributed by atoms with Crippen LogP contribution in [0, 0.1) is 5.82 Å². The van der Waals surface area contributed by atoms with Gasteiger partial charge in [0.1, 0.15) is 5.82 Å². The first-order chi connectivity index (χ1) is 8.20. The van der Waals surface area contributed by atoms with Gasteiger partial charge in [0.05, 0.1) is 6.42 Å². The average Bonchev–Trinajstić information content (AvgIpc) is 2.72. The summed E-state index contributed by atoms with van der Waals surface area (Å²) in [6.07, 6.45) is 0.696. The molecule has 0 spiro atoms. The molecule has 1 aromatic heterocycles. The van der Waals surface area contributed by atoms with E-state index in [1.165, 1.54) is 6.07 Å². The maximum absolute atomic E-state index is 13.5. The lowest BCUT2D eigenvalue weighted by Crippen LogP contribution is -2.02. The van der Waals surface area contributed by atoms with Crippen LogP contribution in [0.5, 0.6) is 0 Å². The standard InChI is InChI=1S/C11H11ClFN3O/c12-8-2-1-3-9(13)7(8)6-11-16-15-10(17-11)4-5-14/h1-3H,4-6,14H2. The summed E-state index contributed by atoms with van der Waals surface area (Å²) < 4.78 is 18.8. The second-order valence-corrected chi connectivity index (χ2v) is 3.91. The number of benzene rings is 1. The fourth-order valence-corrected chi connectivity index (χ4v) is 1.67. The quantitative estimate of drug-likeness (QED) is 0.907. The van der Waals surface area contributed by atoms with Gasteiger partial charge in [-0.25, -0.2) is 4.39 Å². The van der Waals surface area contributed by atoms with Crippen LogP contribution in [0.15, 0.2) is 22.6 Å². The molecule has 0 aliphatic heterocycles. The molecular weight excluding hydrogens is 245 g/mol. The van der Waals surface area contributed by atoms with E-state index in [0.29, 0.717) is 35.3 Å². The molecule has 0 fully saturated rings. The largest absolute Gasteiger partial charge is 0.425 e. The maximum atomic E-state index is 13.5. The van der Waals surface area contributed by atoms with Crippen molar-refractivity contribution in [2.75, 3.05) is 6.54 Å². The molecule has 0 bridgehead atoms. The summed E-state index contributed by atoms with van der Waals surface area (Å²) in [7, 11) is 0. The van der Waals surface area contributed by atoms with Crippen molar-refractivity contribution in [3.8, 4) is 0 Å². The Morgan fingerprint density at radius 3 is 2.76 bits per heavy atom. The van der Waals surface area contributed by atoms with E-state index in [4.69, 9.17) is 21.8 Å². The molecule has 4 nitrogen and oxygen atoms in total. The van der Waals surface area contributed by atoms with Crippen LogP contribution < -0.4 is 5.73 Å². The van der Waals surface area contributed by atoms with Gasteiger partial charge in [-0.05, 0) is 12.1 Å². The van der Waals surface area contributed by atoms with Gasteiger partial charge >= 0.3 is 0 Å². The van der Waals surface area contributed by atoms with Crippen LogP contribution in [0.25, 0.3) is 0 Å². The summed E-state index contributed by atoms with van der Waals surface area (Å²) in [5, 5.41) is 7.96. The summed E-state index contributed by atoms with van der Waals surface area (Å²) in [6, 6.07) is 4.52. The third kappa shape index (κ3) is 2.81. The lowest BCUT2D eigenvalue weighted by molar-refractivity contribution is 0.456. The van der Waals surface area contributed by atoms with Gasteiger partial charge in [-0.3, -0.25) is 0 Å². The fourth-order valence-electron chi connectivity index (χ4n) is 1.44. The van der Waals surface area contributed by atoms with Crippen LogP contribution in [-0.4, -0.2) is 16.7 Å². The molecule has 6 heteroatoms. The third-order valence-electron chi connectivity index (χ3n) is 2.26. The Morgan fingerprint density at radius 1 is 1.29 bits per heavy atom. The lowest BCUT2D eigenvalue weighted by Gasteiger charge is -2.01. The number of nitrogens with zero attached hydrogens (tertiary/aromatic N) is 2. The van der Waals surface area contributed by atoms with Crippen molar-refractivity contribution in [2.45, 2.75) is 12.8 Å². The van der Waals surface area contributed by atoms with Gasteiger partial charge in [-0.1, -0.05) is 17.7 Å². The van der Waals surface area contributed by atoms with Crippen molar-refractivity contribution in [3.63, 3.8) is 0 Å². The second kappa shape index (κ2) is 5.25. The smallest absolute Gasteiger partial charge is 0.221 e. The molecule has 0 aliphatic carbocycles. The normalized spacial score (nSPS) is 10.8. The number of aromatic nitrogens is 2. The summed E-state index contributed by atoms with van der Waals surface area (Å²) in [5.41, 5.74) is 5.72. The highest BCUT2D eigenvalue weighted by Crippen LogP contribution is 2.21. The van der Waals surface area contributed by atoms with E-state index < -0.39 is 0 Å². The van der Waals surface area contributed by atoms with E-state index in [9.17, 15) is 4.39 Å². The molecule has 2 rings (SSSR count). The molecule has 90 valence electrons. The number of rotatable bonds is 4. The molecule has 1 heterocycles. The minimum absolute atomic E-state index is 0.184. The zero-order valence-electron chi connectivity index (χ0n) is 8.99. The van der Waals surface area contributed by atoms with Crippen molar-refractivity contribution in [3.05, 3.63) is 46.4 Å². The van der Waals surface area contributed by atoms with Crippen LogP contribution in [0.3, 0.4) is 0 Å². The summed E-state index contributed by atoms with van der Waals surface area (Å²) in [6.45, 7) is 0.433. The number of halogens is 2. The van der Waals surface area contributed by atoms with Crippen LogP contribution in [0.2, 0.25) is 5.02 Å². The molecule has 0 atom stereocenters. The Hall–Kier alpha value is -1.46. The molecule has 2 aromatic rings. The maximum Gasteiger partial charge on any atom is 0.221 e. The van der Waals surface area contributed by atoms with E-state index in [-0.39, 0.29) is 12.2 Å². The molecular formula is C11H11ClFN3O. The highest BCUT2D eigenvalue weighted by atomic mass is 35.5. The van der Waals surface area contributed by atoms with E-state index >= 15 is 0 Å². The van der Waals surface area contributed by atoms with Crippen LogP contribution in [0.4, 0.5) is 4.39 Å². The van der Waals surface area contributed by atoms with E-state index in [1.807, 2.05) is 0 Å². The van der Waals surface area contributed by atoms with Crippen molar-refractivity contribution in [1.82, 2.24) is 10.2 Å². The first-order valence-electron chi connectivity index (χ1n) is 5.15. The lowest BCUT2D eigenvalue weighted by atomic mass is 10.1. The summed E-state index contributed by atoms with van der Waals surface area (Å²) in [4.78, 5) is 0. The monoisotopic (exact) mass is 255 g/mol. The second-order valence-electron chi connectivity index (χ2n) is 3.51. The Bertz CT molecular complexity index is 495. The van der Waals surface area contributed by atoms with Crippen LogP contribution >= 0.6 is 11.6 Å². The molecule has 0 saturated heterocycles. The molecule has 0 amide bonds. The molecule has 0 unspecified atom stereocenters. The van der Waals surface area contributed by atoms with Crippen molar-refractivity contribution >= 4 is 11.6 Å². The topological polar surface area (TPSA) is 64.9 Å². The minimum Gasteiger partial charge on any atom is -0.425 e. The van der Waals surface area contributed by atoms with Gasteiger partial charge in [-0.2, -0.15) is 0 Å². The Balaban J connectivity index is 2.19. The summed E-state index contributed by atoms with van der Waals surface area (Å²) in [5.74, 6) is 0.409. The van der Waals surface area contributed by atoms with Crippen LogP contribution in [-0.2, 0) is 12.8 Å². The van der Waals surface area contributed by atoms with Crippen LogP contribution in [0.1, 0.15) is 17.3 Å². The Morgan fingerprint density at radius 2 is 2.06 bits per heavy atom. The van der Waals surface area contributed by atoms with E-state index in [1.54, 1.807) is 12.1 Å². The molecule has 1 aromatic carbocycles. The first kappa shape index (κ1) is 12.0. The SMILES string of the molecule is NCCc1nnc(Cc2c(F)cccc2Cl)o1. The van der Waals surface area contributed by atoms with Crippen molar-refractivity contribution in [2.24, 2.45) is 5.73 Å².